The molecule has 3 heterocycles. The molecule has 4 rings (SSSR count). The second-order valence-corrected chi connectivity index (χ2v) is 9.01. The molecule has 2 aliphatic rings. The minimum atomic E-state index is -3.05. The van der Waals surface area contributed by atoms with E-state index in [0.29, 0.717) is 12.1 Å². The highest BCUT2D eigenvalue weighted by Crippen LogP contribution is 2.25. The van der Waals surface area contributed by atoms with Gasteiger partial charge in [0.25, 0.3) is 0 Å². The van der Waals surface area contributed by atoms with Gasteiger partial charge in [-0.1, -0.05) is 6.42 Å². The molecule has 2 aliphatic heterocycles. The van der Waals surface area contributed by atoms with E-state index in [-0.39, 0.29) is 17.4 Å². The second-order valence-electron chi connectivity index (χ2n) is 6.78. The Balaban J connectivity index is 1.56. The second kappa shape index (κ2) is 5.88. The summed E-state index contributed by atoms with van der Waals surface area (Å²) in [6.45, 7) is 0.997. The number of carbonyl (C=O) groups excluding carboxylic acids is 1. The number of hydrogen-bond donors (Lipinski definition) is 1. The first-order valence-electron chi connectivity index (χ1n) is 8.52. The Morgan fingerprint density at radius 2 is 2.12 bits per heavy atom. The van der Waals surface area contributed by atoms with Gasteiger partial charge in [0, 0.05) is 18.7 Å². The normalized spacial score (nSPS) is 22.9. The Labute approximate surface area is 141 Å². The summed E-state index contributed by atoms with van der Waals surface area (Å²) in [5.41, 5.74) is 2.68. The maximum atomic E-state index is 12.3. The first kappa shape index (κ1) is 15.6. The van der Waals surface area contributed by atoms with Crippen molar-refractivity contribution in [3.8, 4) is 0 Å². The SMILES string of the molecule is O=C(Nc1ccc2c(c1)nc1n2CCCCC1)C1CCS(=O)(=O)C1. The molecule has 0 radical (unpaired) electrons. The molecular formula is C17H21N3O3S. The fourth-order valence-electron chi connectivity index (χ4n) is 3.67. The van der Waals surface area contributed by atoms with Crippen LogP contribution in [0.1, 0.15) is 31.5 Å². The number of hydrogen-bond acceptors (Lipinski definition) is 4. The third kappa shape index (κ3) is 2.92. The monoisotopic (exact) mass is 347 g/mol. The highest BCUT2D eigenvalue weighted by atomic mass is 32.2. The van der Waals surface area contributed by atoms with Crippen molar-refractivity contribution in [1.29, 1.82) is 0 Å². The van der Waals surface area contributed by atoms with Crippen LogP contribution in [0.15, 0.2) is 18.2 Å². The highest BCUT2D eigenvalue weighted by Gasteiger charge is 2.33. The van der Waals surface area contributed by atoms with Crippen LogP contribution in [-0.2, 0) is 27.6 Å². The van der Waals surface area contributed by atoms with Crippen LogP contribution in [0.2, 0.25) is 0 Å². The van der Waals surface area contributed by atoms with E-state index in [0.717, 1.165) is 29.8 Å². The van der Waals surface area contributed by atoms with E-state index in [4.69, 9.17) is 4.98 Å². The van der Waals surface area contributed by atoms with Gasteiger partial charge in [0.05, 0.1) is 28.5 Å². The molecule has 1 saturated heterocycles. The number of sulfone groups is 1. The molecule has 1 amide bonds. The van der Waals surface area contributed by atoms with E-state index in [2.05, 4.69) is 9.88 Å². The van der Waals surface area contributed by atoms with Crippen LogP contribution >= 0.6 is 0 Å². The predicted molar refractivity (Wildman–Crippen MR) is 92.7 cm³/mol. The molecule has 128 valence electrons. The third-order valence-electron chi connectivity index (χ3n) is 4.98. The smallest absolute Gasteiger partial charge is 0.228 e. The number of benzene rings is 1. The lowest BCUT2D eigenvalue weighted by molar-refractivity contribution is -0.119. The molecule has 1 atom stereocenters. The number of amides is 1. The number of aryl methyl sites for hydroxylation is 2. The van der Waals surface area contributed by atoms with E-state index in [1.54, 1.807) is 0 Å². The fraction of sp³-hybridized carbons (Fsp3) is 0.529. The molecule has 7 heteroatoms. The van der Waals surface area contributed by atoms with Gasteiger partial charge < -0.3 is 9.88 Å². The Kier molecular flexibility index (Phi) is 3.83. The third-order valence-corrected chi connectivity index (χ3v) is 6.75. The van der Waals surface area contributed by atoms with Gasteiger partial charge in [-0.05, 0) is 37.5 Å². The van der Waals surface area contributed by atoms with Crippen molar-refractivity contribution in [1.82, 2.24) is 9.55 Å². The van der Waals surface area contributed by atoms with Gasteiger partial charge in [-0.25, -0.2) is 13.4 Å². The van der Waals surface area contributed by atoms with Crippen LogP contribution in [-0.4, -0.2) is 35.4 Å². The van der Waals surface area contributed by atoms with Gasteiger partial charge in [-0.15, -0.1) is 0 Å². The molecule has 1 aromatic carbocycles. The van der Waals surface area contributed by atoms with Crippen molar-refractivity contribution < 1.29 is 13.2 Å². The molecule has 2 aromatic rings. The average molecular weight is 347 g/mol. The maximum absolute atomic E-state index is 12.3. The average Bonchev–Trinajstić information content (AvgIpc) is 2.98. The number of nitrogens with zero attached hydrogens (tertiary/aromatic N) is 2. The van der Waals surface area contributed by atoms with E-state index in [1.165, 1.54) is 19.3 Å². The number of anilines is 1. The van der Waals surface area contributed by atoms with Crippen molar-refractivity contribution >= 4 is 32.5 Å². The van der Waals surface area contributed by atoms with E-state index >= 15 is 0 Å². The van der Waals surface area contributed by atoms with Crippen LogP contribution in [0.5, 0.6) is 0 Å². The van der Waals surface area contributed by atoms with Crippen LogP contribution in [0, 0.1) is 5.92 Å². The molecule has 24 heavy (non-hydrogen) atoms. The summed E-state index contributed by atoms with van der Waals surface area (Å²) < 4.78 is 25.3. The topological polar surface area (TPSA) is 81.1 Å². The summed E-state index contributed by atoms with van der Waals surface area (Å²) in [7, 11) is -3.05. The predicted octanol–water partition coefficient (Wildman–Crippen LogP) is 2.14. The lowest BCUT2D eigenvalue weighted by atomic mass is 10.1. The van der Waals surface area contributed by atoms with Gasteiger partial charge in [0.2, 0.25) is 5.91 Å². The summed E-state index contributed by atoms with van der Waals surface area (Å²) in [4.78, 5) is 17.0. The van der Waals surface area contributed by atoms with Crippen molar-refractivity contribution in [2.45, 2.75) is 38.6 Å². The summed E-state index contributed by atoms with van der Waals surface area (Å²) in [6, 6.07) is 5.76. The molecule has 6 nitrogen and oxygen atoms in total. The Morgan fingerprint density at radius 1 is 1.25 bits per heavy atom. The zero-order valence-corrected chi connectivity index (χ0v) is 14.3. The van der Waals surface area contributed by atoms with Gasteiger partial charge in [0.15, 0.2) is 9.84 Å². The van der Waals surface area contributed by atoms with Gasteiger partial charge in [-0.2, -0.15) is 0 Å². The molecule has 0 spiro atoms. The zero-order chi connectivity index (χ0) is 16.7. The number of carbonyl (C=O) groups is 1. The van der Waals surface area contributed by atoms with Crippen LogP contribution in [0.4, 0.5) is 5.69 Å². The van der Waals surface area contributed by atoms with Crippen molar-refractivity contribution in [2.75, 3.05) is 16.8 Å². The van der Waals surface area contributed by atoms with Crippen molar-refractivity contribution in [3.63, 3.8) is 0 Å². The van der Waals surface area contributed by atoms with Crippen LogP contribution in [0.25, 0.3) is 11.0 Å². The number of imidazole rings is 1. The number of rotatable bonds is 2. The van der Waals surface area contributed by atoms with E-state index < -0.39 is 15.8 Å². The standard InChI is InChI=1S/C17H21N3O3S/c21-17(12-7-9-24(22,23)11-12)18-13-5-6-15-14(10-13)19-16-4-2-1-3-8-20(15)16/h5-6,10,12H,1-4,7-9,11H2,(H,18,21). The molecule has 1 fully saturated rings. The summed E-state index contributed by atoms with van der Waals surface area (Å²) in [5, 5.41) is 2.85. The van der Waals surface area contributed by atoms with Crippen LogP contribution < -0.4 is 5.32 Å². The quantitative estimate of drug-likeness (QED) is 0.902. The first-order valence-corrected chi connectivity index (χ1v) is 10.3. The van der Waals surface area contributed by atoms with E-state index in [9.17, 15) is 13.2 Å². The molecule has 1 aromatic heterocycles. The van der Waals surface area contributed by atoms with Gasteiger partial charge in [0.1, 0.15) is 5.82 Å². The Hall–Kier alpha value is -1.89. The minimum Gasteiger partial charge on any atom is -0.328 e. The molecule has 0 aliphatic carbocycles. The lowest BCUT2D eigenvalue weighted by Crippen LogP contribution is -2.23. The zero-order valence-electron chi connectivity index (χ0n) is 13.5. The van der Waals surface area contributed by atoms with Gasteiger partial charge in [-0.3, -0.25) is 4.79 Å². The van der Waals surface area contributed by atoms with E-state index in [1.807, 2.05) is 18.2 Å². The number of fused-ring (bicyclic) bond motifs is 3. The van der Waals surface area contributed by atoms with Crippen LogP contribution in [0.3, 0.4) is 0 Å². The lowest BCUT2D eigenvalue weighted by Gasteiger charge is -2.10. The molecule has 1 unspecified atom stereocenters. The Morgan fingerprint density at radius 3 is 2.92 bits per heavy atom. The minimum absolute atomic E-state index is 0.0418. The largest absolute Gasteiger partial charge is 0.328 e. The maximum Gasteiger partial charge on any atom is 0.228 e. The Bertz CT molecular complexity index is 901. The number of aromatic nitrogens is 2. The van der Waals surface area contributed by atoms with Crippen molar-refractivity contribution in [3.05, 3.63) is 24.0 Å². The summed E-state index contributed by atoms with van der Waals surface area (Å²) in [5.74, 6) is 0.533. The van der Waals surface area contributed by atoms with Gasteiger partial charge >= 0.3 is 0 Å². The number of nitrogens with one attached hydrogen (secondary N) is 1. The summed E-state index contributed by atoms with van der Waals surface area (Å²) >= 11 is 0. The summed E-state index contributed by atoms with van der Waals surface area (Å²) in [6.07, 6.45) is 4.99. The molecule has 1 N–H and O–H groups in total. The van der Waals surface area contributed by atoms with Crippen molar-refractivity contribution in [2.24, 2.45) is 5.92 Å². The highest BCUT2D eigenvalue weighted by molar-refractivity contribution is 7.91. The molecule has 0 bridgehead atoms. The molecule has 0 saturated carbocycles. The fourth-order valence-corrected chi connectivity index (χ4v) is 5.42. The first-order chi connectivity index (χ1) is 11.5. The molecular weight excluding hydrogens is 326 g/mol.